The molecule has 1 aliphatic rings. The zero-order valence-corrected chi connectivity index (χ0v) is 18.1. The van der Waals surface area contributed by atoms with Crippen LogP contribution in [-0.4, -0.2) is 35.1 Å². The van der Waals surface area contributed by atoms with Gasteiger partial charge in [0.1, 0.15) is 11.5 Å². The largest absolute Gasteiger partial charge is 0.494 e. The number of hydrogen-bond acceptors (Lipinski definition) is 5. The highest BCUT2D eigenvalue weighted by molar-refractivity contribution is 7.46. The van der Waals surface area contributed by atoms with Gasteiger partial charge < -0.3 is 25.0 Å². The summed E-state index contributed by atoms with van der Waals surface area (Å²) in [7, 11) is -4.50. The van der Waals surface area contributed by atoms with Crippen molar-refractivity contribution in [1.29, 1.82) is 0 Å². The van der Waals surface area contributed by atoms with Crippen LogP contribution in [0.15, 0.2) is 48.5 Å². The van der Waals surface area contributed by atoms with Crippen molar-refractivity contribution in [2.45, 2.75) is 44.1 Å². The van der Waals surface area contributed by atoms with E-state index in [1.54, 1.807) is 0 Å². The van der Waals surface area contributed by atoms with Crippen molar-refractivity contribution in [3.8, 4) is 11.5 Å². The maximum Gasteiger partial charge on any atom is 0.469 e. The molecule has 0 spiro atoms. The van der Waals surface area contributed by atoms with E-state index in [9.17, 15) is 4.57 Å². The third-order valence-electron chi connectivity index (χ3n) is 5.41. The molecule has 0 radical (unpaired) electrons. The number of phosphoric ester groups is 1. The second-order valence-corrected chi connectivity index (χ2v) is 9.05. The van der Waals surface area contributed by atoms with Crippen LogP contribution in [0.3, 0.4) is 0 Å². The number of benzene rings is 2. The Kier molecular flexibility index (Phi) is 7.55. The molecule has 30 heavy (non-hydrogen) atoms. The molecule has 1 saturated carbocycles. The van der Waals surface area contributed by atoms with Gasteiger partial charge in [-0.15, -0.1) is 0 Å². The van der Waals surface area contributed by atoms with Crippen molar-refractivity contribution < 1.29 is 28.3 Å². The average molecular weight is 435 g/mol. The molecular formula is C22H30NO6P. The van der Waals surface area contributed by atoms with Gasteiger partial charge in [0.15, 0.2) is 0 Å². The van der Waals surface area contributed by atoms with Crippen molar-refractivity contribution in [2.24, 2.45) is 5.73 Å². The standard InChI is InChI=1S/C22H30NO6P/c1-2-27-20-7-3-17(4-8-20)12-14-28-21-9-5-18(6-10-21)19-11-13-22(23,15-19)16-29-30(24,25)26/h3-10,19H,2,11-16,23H2,1H3,(H2,24,25,26)/t19-,22+/m1/s1. The number of nitrogens with two attached hydrogens (primary N) is 1. The summed E-state index contributed by atoms with van der Waals surface area (Å²) >= 11 is 0. The van der Waals surface area contributed by atoms with Crippen LogP contribution < -0.4 is 15.2 Å². The van der Waals surface area contributed by atoms with Crippen molar-refractivity contribution in [2.75, 3.05) is 19.8 Å². The monoisotopic (exact) mass is 435 g/mol. The molecule has 3 rings (SSSR count). The summed E-state index contributed by atoms with van der Waals surface area (Å²) < 4.78 is 26.9. The van der Waals surface area contributed by atoms with Gasteiger partial charge in [-0.3, -0.25) is 4.52 Å². The smallest absolute Gasteiger partial charge is 0.469 e. The van der Waals surface area contributed by atoms with E-state index in [0.717, 1.165) is 29.9 Å². The van der Waals surface area contributed by atoms with Gasteiger partial charge >= 0.3 is 7.82 Å². The molecular weight excluding hydrogens is 405 g/mol. The van der Waals surface area contributed by atoms with E-state index in [1.165, 1.54) is 5.56 Å². The Hall–Kier alpha value is -1.89. The van der Waals surface area contributed by atoms with Crippen molar-refractivity contribution in [3.05, 3.63) is 59.7 Å². The fraction of sp³-hybridized carbons (Fsp3) is 0.455. The van der Waals surface area contributed by atoms with Crippen LogP contribution in [0.4, 0.5) is 0 Å². The zero-order chi connectivity index (χ0) is 21.6. The first-order valence-corrected chi connectivity index (χ1v) is 11.7. The van der Waals surface area contributed by atoms with Gasteiger partial charge in [0.25, 0.3) is 0 Å². The first-order valence-electron chi connectivity index (χ1n) is 10.2. The molecule has 2 atom stereocenters. The highest BCUT2D eigenvalue weighted by atomic mass is 31.2. The quantitative estimate of drug-likeness (QED) is 0.487. The minimum atomic E-state index is -4.50. The summed E-state index contributed by atoms with van der Waals surface area (Å²) in [5, 5.41) is 0. The van der Waals surface area contributed by atoms with E-state index in [-0.39, 0.29) is 12.5 Å². The highest BCUT2D eigenvalue weighted by Gasteiger charge is 2.38. The Labute approximate surface area is 177 Å². The molecule has 0 aliphatic heterocycles. The predicted molar refractivity (Wildman–Crippen MR) is 115 cm³/mol. The topological polar surface area (TPSA) is 111 Å². The van der Waals surface area contributed by atoms with Crippen LogP contribution in [0.25, 0.3) is 0 Å². The van der Waals surface area contributed by atoms with E-state index in [4.69, 9.17) is 25.0 Å². The highest BCUT2D eigenvalue weighted by Crippen LogP contribution is 2.43. The molecule has 1 fully saturated rings. The summed E-state index contributed by atoms with van der Waals surface area (Å²) in [6.45, 7) is 3.07. The summed E-state index contributed by atoms with van der Waals surface area (Å²) in [5.41, 5.74) is 7.90. The third-order valence-corrected chi connectivity index (χ3v) is 5.87. The van der Waals surface area contributed by atoms with Crippen molar-refractivity contribution in [1.82, 2.24) is 0 Å². The number of rotatable bonds is 10. The van der Waals surface area contributed by atoms with E-state index in [0.29, 0.717) is 26.1 Å². The summed E-state index contributed by atoms with van der Waals surface area (Å²) in [4.78, 5) is 17.8. The van der Waals surface area contributed by atoms with Gasteiger partial charge in [0.05, 0.1) is 19.8 Å². The lowest BCUT2D eigenvalue weighted by molar-refractivity contribution is 0.153. The van der Waals surface area contributed by atoms with E-state index in [2.05, 4.69) is 4.52 Å². The Morgan fingerprint density at radius 3 is 2.33 bits per heavy atom. The van der Waals surface area contributed by atoms with Gasteiger partial charge in [-0.05, 0) is 67.5 Å². The van der Waals surface area contributed by atoms with Crippen LogP contribution in [0.5, 0.6) is 11.5 Å². The fourth-order valence-corrected chi connectivity index (χ4v) is 4.25. The van der Waals surface area contributed by atoms with Crippen molar-refractivity contribution in [3.63, 3.8) is 0 Å². The molecule has 0 heterocycles. The van der Waals surface area contributed by atoms with Crippen LogP contribution in [0.2, 0.25) is 0 Å². The Bertz CT molecular complexity index is 851. The fourth-order valence-electron chi connectivity index (χ4n) is 3.83. The molecule has 7 nitrogen and oxygen atoms in total. The Morgan fingerprint density at radius 2 is 1.70 bits per heavy atom. The van der Waals surface area contributed by atoms with Gasteiger partial charge in [-0.2, -0.15) is 0 Å². The minimum absolute atomic E-state index is 0.138. The average Bonchev–Trinajstić information content (AvgIpc) is 3.11. The molecule has 1 aliphatic carbocycles. The van der Waals surface area contributed by atoms with E-state index in [1.807, 2.05) is 55.5 Å². The lowest BCUT2D eigenvalue weighted by atomic mass is 9.94. The number of hydrogen-bond donors (Lipinski definition) is 3. The predicted octanol–water partition coefficient (Wildman–Crippen LogP) is 3.78. The molecule has 0 unspecified atom stereocenters. The molecule has 0 amide bonds. The number of ether oxygens (including phenoxy) is 2. The molecule has 0 bridgehead atoms. The van der Waals surface area contributed by atoms with E-state index < -0.39 is 13.4 Å². The maximum atomic E-state index is 10.9. The second-order valence-electron chi connectivity index (χ2n) is 7.81. The second kappa shape index (κ2) is 9.94. The minimum Gasteiger partial charge on any atom is -0.494 e. The molecule has 0 saturated heterocycles. The molecule has 4 N–H and O–H groups in total. The summed E-state index contributed by atoms with van der Waals surface area (Å²) in [6.07, 6.45) is 2.97. The number of phosphoric acid groups is 1. The first-order chi connectivity index (χ1) is 14.3. The molecule has 8 heteroatoms. The Morgan fingerprint density at radius 1 is 1.07 bits per heavy atom. The summed E-state index contributed by atoms with van der Waals surface area (Å²) in [5.74, 6) is 1.93. The molecule has 0 aromatic heterocycles. The lowest BCUT2D eigenvalue weighted by Crippen LogP contribution is -2.41. The van der Waals surface area contributed by atoms with Gasteiger partial charge in [0, 0.05) is 12.0 Å². The zero-order valence-electron chi connectivity index (χ0n) is 17.2. The van der Waals surface area contributed by atoms with Crippen LogP contribution >= 0.6 is 7.82 Å². The first kappa shape index (κ1) is 22.8. The van der Waals surface area contributed by atoms with Crippen LogP contribution in [0.1, 0.15) is 43.2 Å². The maximum absolute atomic E-state index is 10.9. The van der Waals surface area contributed by atoms with E-state index >= 15 is 0 Å². The Balaban J connectivity index is 1.46. The van der Waals surface area contributed by atoms with Gasteiger partial charge in [0.2, 0.25) is 0 Å². The normalized spacial score (nSPS) is 21.5. The molecule has 2 aromatic carbocycles. The molecule has 2 aromatic rings. The van der Waals surface area contributed by atoms with Gasteiger partial charge in [-0.25, -0.2) is 4.57 Å². The van der Waals surface area contributed by atoms with Crippen LogP contribution in [0, 0.1) is 0 Å². The van der Waals surface area contributed by atoms with Gasteiger partial charge in [-0.1, -0.05) is 24.3 Å². The summed E-state index contributed by atoms with van der Waals surface area (Å²) in [6, 6.07) is 16.0. The lowest BCUT2D eigenvalue weighted by Gasteiger charge is -2.24. The molecule has 164 valence electrons. The SMILES string of the molecule is CCOc1ccc(CCOc2ccc([C@@H]3CC[C@@](N)(COP(=O)(O)O)C3)cc2)cc1. The van der Waals surface area contributed by atoms with Crippen molar-refractivity contribution >= 4 is 7.82 Å². The third kappa shape index (κ3) is 6.83. The van der Waals surface area contributed by atoms with Crippen LogP contribution in [-0.2, 0) is 15.5 Å².